The van der Waals surface area contributed by atoms with Crippen LogP contribution in [0.2, 0.25) is 0 Å². The minimum absolute atomic E-state index is 0.503. The van der Waals surface area contributed by atoms with Gasteiger partial charge in [-0.2, -0.15) is 0 Å². The zero-order valence-electron chi connectivity index (χ0n) is 15.8. The monoisotopic (exact) mass is 358 g/mol. The number of aromatic nitrogens is 2. The molecule has 4 heteroatoms. The van der Waals surface area contributed by atoms with Crippen LogP contribution in [-0.2, 0) is 6.61 Å². The molecule has 0 fully saturated rings. The van der Waals surface area contributed by atoms with Crippen molar-refractivity contribution in [3.05, 3.63) is 83.7 Å². The van der Waals surface area contributed by atoms with Crippen molar-refractivity contribution in [1.29, 1.82) is 0 Å². The summed E-state index contributed by atoms with van der Waals surface area (Å²) in [5.74, 6) is 1.43. The molecule has 27 heavy (non-hydrogen) atoms. The average Bonchev–Trinajstić information content (AvgIpc) is 3.11. The van der Waals surface area contributed by atoms with Crippen molar-refractivity contribution in [2.75, 3.05) is 7.11 Å². The number of benzene rings is 2. The van der Waals surface area contributed by atoms with E-state index in [0.29, 0.717) is 12.4 Å². The van der Waals surface area contributed by atoms with Gasteiger partial charge in [-0.15, -0.1) is 0 Å². The number of aryl methyl sites for hydroxylation is 2. The van der Waals surface area contributed by atoms with E-state index in [1.54, 1.807) is 7.11 Å². The van der Waals surface area contributed by atoms with Gasteiger partial charge in [-0.05, 0) is 55.3 Å². The number of pyridine rings is 1. The first-order valence-electron chi connectivity index (χ1n) is 8.95. The van der Waals surface area contributed by atoms with Crippen LogP contribution in [0.5, 0.6) is 11.5 Å². The van der Waals surface area contributed by atoms with Gasteiger partial charge in [0.1, 0.15) is 12.3 Å². The first kappa shape index (κ1) is 17.2. The van der Waals surface area contributed by atoms with Gasteiger partial charge in [0.15, 0.2) is 11.5 Å². The summed E-state index contributed by atoms with van der Waals surface area (Å²) in [4.78, 5) is 4.77. The Bertz CT molecular complexity index is 1080. The van der Waals surface area contributed by atoms with Crippen molar-refractivity contribution in [3.63, 3.8) is 0 Å². The average molecular weight is 358 g/mol. The number of nitrogens with zero attached hydrogens (tertiary/aromatic N) is 2. The van der Waals surface area contributed by atoms with Crippen LogP contribution >= 0.6 is 0 Å². The maximum absolute atomic E-state index is 5.95. The van der Waals surface area contributed by atoms with Crippen LogP contribution < -0.4 is 9.47 Å². The van der Waals surface area contributed by atoms with Gasteiger partial charge >= 0.3 is 0 Å². The third kappa shape index (κ3) is 3.51. The summed E-state index contributed by atoms with van der Waals surface area (Å²) in [7, 11) is 1.66. The summed E-state index contributed by atoms with van der Waals surface area (Å²) in [5.41, 5.74) is 6.36. The molecule has 4 aromatic rings. The number of hydrogen-bond donors (Lipinski definition) is 0. The van der Waals surface area contributed by atoms with Gasteiger partial charge in [-0.25, -0.2) is 4.98 Å². The lowest BCUT2D eigenvalue weighted by Crippen LogP contribution is -1.97. The van der Waals surface area contributed by atoms with Gasteiger partial charge < -0.3 is 13.9 Å². The SMILES string of the molecule is COc1cc(-c2cn3c(C)cc(C)cc3n2)ccc1OCc1ccccc1. The summed E-state index contributed by atoms with van der Waals surface area (Å²) in [6.45, 7) is 4.68. The van der Waals surface area contributed by atoms with Gasteiger partial charge in [0.05, 0.1) is 12.8 Å². The fraction of sp³-hybridized carbons (Fsp3) is 0.174. The van der Waals surface area contributed by atoms with Gasteiger partial charge in [0, 0.05) is 17.5 Å². The van der Waals surface area contributed by atoms with Crippen molar-refractivity contribution >= 4 is 5.65 Å². The molecule has 0 aliphatic carbocycles. The summed E-state index contributed by atoms with van der Waals surface area (Å²) in [5, 5.41) is 0. The van der Waals surface area contributed by atoms with Gasteiger partial charge in [0.25, 0.3) is 0 Å². The molecule has 136 valence electrons. The molecule has 0 spiro atoms. The Kier molecular flexibility index (Phi) is 4.55. The predicted octanol–water partition coefficient (Wildman–Crippen LogP) is 5.21. The highest BCUT2D eigenvalue weighted by Gasteiger charge is 2.11. The van der Waals surface area contributed by atoms with E-state index in [9.17, 15) is 0 Å². The minimum Gasteiger partial charge on any atom is -0.493 e. The van der Waals surface area contributed by atoms with E-state index < -0.39 is 0 Å². The Balaban J connectivity index is 1.64. The van der Waals surface area contributed by atoms with Crippen molar-refractivity contribution in [2.24, 2.45) is 0 Å². The van der Waals surface area contributed by atoms with E-state index >= 15 is 0 Å². The molecule has 0 bridgehead atoms. The molecular weight excluding hydrogens is 336 g/mol. The first-order valence-corrected chi connectivity index (χ1v) is 8.95. The minimum atomic E-state index is 0.503. The Labute approximate surface area is 159 Å². The molecular formula is C23H22N2O2. The van der Waals surface area contributed by atoms with Crippen LogP contribution in [0, 0.1) is 13.8 Å². The Morgan fingerprint density at radius 2 is 1.74 bits per heavy atom. The molecule has 0 radical (unpaired) electrons. The summed E-state index contributed by atoms with van der Waals surface area (Å²) in [6, 6.07) is 20.3. The molecule has 4 nitrogen and oxygen atoms in total. The molecule has 0 N–H and O–H groups in total. The molecule has 2 heterocycles. The third-order valence-electron chi connectivity index (χ3n) is 4.60. The molecule has 2 aromatic carbocycles. The second-order valence-electron chi connectivity index (χ2n) is 6.67. The topological polar surface area (TPSA) is 35.8 Å². The zero-order chi connectivity index (χ0) is 18.8. The lowest BCUT2D eigenvalue weighted by Gasteiger charge is -2.11. The Morgan fingerprint density at radius 3 is 2.52 bits per heavy atom. The number of hydrogen-bond acceptors (Lipinski definition) is 3. The number of methoxy groups -OCH3 is 1. The highest BCUT2D eigenvalue weighted by molar-refractivity contribution is 5.66. The maximum Gasteiger partial charge on any atom is 0.161 e. The predicted molar refractivity (Wildman–Crippen MR) is 107 cm³/mol. The van der Waals surface area contributed by atoms with Crippen molar-refractivity contribution in [2.45, 2.75) is 20.5 Å². The van der Waals surface area contributed by atoms with E-state index in [2.05, 4.69) is 36.6 Å². The van der Waals surface area contributed by atoms with E-state index in [1.807, 2.05) is 48.5 Å². The van der Waals surface area contributed by atoms with E-state index in [0.717, 1.165) is 28.2 Å². The number of fused-ring (bicyclic) bond motifs is 1. The van der Waals surface area contributed by atoms with E-state index in [4.69, 9.17) is 14.5 Å². The zero-order valence-corrected chi connectivity index (χ0v) is 15.8. The Morgan fingerprint density at radius 1 is 0.926 bits per heavy atom. The van der Waals surface area contributed by atoms with Gasteiger partial charge in [-0.3, -0.25) is 0 Å². The number of ether oxygens (including phenoxy) is 2. The van der Waals surface area contributed by atoms with Crippen LogP contribution in [0.3, 0.4) is 0 Å². The first-order chi connectivity index (χ1) is 13.1. The summed E-state index contributed by atoms with van der Waals surface area (Å²) in [6.07, 6.45) is 2.06. The van der Waals surface area contributed by atoms with Crippen molar-refractivity contribution in [1.82, 2.24) is 9.38 Å². The van der Waals surface area contributed by atoms with Gasteiger partial charge in [-0.1, -0.05) is 30.3 Å². The fourth-order valence-corrected chi connectivity index (χ4v) is 3.24. The second kappa shape index (κ2) is 7.16. The lowest BCUT2D eigenvalue weighted by molar-refractivity contribution is 0.284. The van der Waals surface area contributed by atoms with Crippen LogP contribution in [0.4, 0.5) is 0 Å². The fourth-order valence-electron chi connectivity index (χ4n) is 3.24. The quantitative estimate of drug-likeness (QED) is 0.491. The normalized spacial score (nSPS) is 10.9. The van der Waals surface area contributed by atoms with E-state index in [-0.39, 0.29) is 0 Å². The van der Waals surface area contributed by atoms with Crippen LogP contribution in [-0.4, -0.2) is 16.5 Å². The molecule has 0 saturated heterocycles. The Hall–Kier alpha value is -3.27. The molecule has 0 amide bonds. The van der Waals surface area contributed by atoms with Crippen molar-refractivity contribution < 1.29 is 9.47 Å². The summed E-state index contributed by atoms with van der Waals surface area (Å²) >= 11 is 0. The molecule has 2 aromatic heterocycles. The lowest BCUT2D eigenvalue weighted by atomic mass is 10.1. The largest absolute Gasteiger partial charge is 0.493 e. The van der Waals surface area contributed by atoms with Gasteiger partial charge in [0.2, 0.25) is 0 Å². The standard InChI is InChI=1S/C23H22N2O2/c1-16-11-17(2)25-14-20(24-23(25)12-16)19-9-10-21(22(13-19)26-3)27-15-18-7-5-4-6-8-18/h4-14H,15H2,1-3H3. The molecule has 4 rings (SSSR count). The number of rotatable bonds is 5. The molecule has 0 aliphatic heterocycles. The highest BCUT2D eigenvalue weighted by Crippen LogP contribution is 2.33. The third-order valence-corrected chi connectivity index (χ3v) is 4.60. The second-order valence-corrected chi connectivity index (χ2v) is 6.67. The van der Waals surface area contributed by atoms with Crippen LogP contribution in [0.1, 0.15) is 16.8 Å². The highest BCUT2D eigenvalue weighted by atomic mass is 16.5. The van der Waals surface area contributed by atoms with Crippen LogP contribution in [0.15, 0.2) is 66.9 Å². The molecule has 0 atom stereocenters. The van der Waals surface area contributed by atoms with Crippen molar-refractivity contribution in [3.8, 4) is 22.8 Å². The number of imidazole rings is 1. The molecule has 0 unspecified atom stereocenters. The maximum atomic E-state index is 5.95. The smallest absolute Gasteiger partial charge is 0.161 e. The van der Waals surface area contributed by atoms with E-state index in [1.165, 1.54) is 11.3 Å². The van der Waals surface area contributed by atoms with Crippen LogP contribution in [0.25, 0.3) is 16.9 Å². The summed E-state index contributed by atoms with van der Waals surface area (Å²) < 4.78 is 13.6. The molecule has 0 saturated carbocycles. The molecule has 0 aliphatic rings.